The first kappa shape index (κ1) is 16.5. The van der Waals surface area contributed by atoms with Gasteiger partial charge in [-0.05, 0) is 39.0 Å². The fourth-order valence-corrected chi connectivity index (χ4v) is 4.97. The first-order chi connectivity index (χ1) is 9.70. The van der Waals surface area contributed by atoms with Gasteiger partial charge in [-0.15, -0.1) is 11.3 Å². The molecule has 0 fully saturated rings. The fraction of sp³-hybridized carbons (Fsp3) is 0.167. The van der Waals surface area contributed by atoms with Crippen molar-refractivity contribution >= 4 is 37.3 Å². The van der Waals surface area contributed by atoms with Crippen LogP contribution in [-0.4, -0.2) is 8.42 Å². The van der Waals surface area contributed by atoms with Crippen LogP contribution in [0.25, 0.3) is 0 Å². The maximum Gasteiger partial charge on any atom is 0.416 e. The number of thiophene rings is 1. The van der Waals surface area contributed by atoms with E-state index in [2.05, 4.69) is 20.7 Å². The molecule has 0 amide bonds. The molecule has 1 heterocycles. The smallest absolute Gasteiger partial charge is 0.206 e. The summed E-state index contributed by atoms with van der Waals surface area (Å²) in [7, 11) is -3.75. The number of hydrogen-bond donors (Lipinski definition) is 1. The van der Waals surface area contributed by atoms with Gasteiger partial charge in [-0.3, -0.25) is 0 Å². The molecule has 2 rings (SSSR count). The van der Waals surface area contributed by atoms with Crippen LogP contribution in [0.4, 0.5) is 13.2 Å². The molecule has 0 saturated carbocycles. The van der Waals surface area contributed by atoms with Gasteiger partial charge in [0, 0.05) is 11.0 Å². The van der Waals surface area contributed by atoms with E-state index >= 15 is 0 Å². The van der Waals surface area contributed by atoms with Gasteiger partial charge in [0.1, 0.15) is 4.21 Å². The maximum atomic E-state index is 12.6. The lowest BCUT2D eigenvalue weighted by atomic mass is 10.1. The van der Waals surface area contributed by atoms with Gasteiger partial charge in [-0.2, -0.15) is 13.2 Å². The van der Waals surface area contributed by atoms with Crippen molar-refractivity contribution < 1.29 is 21.6 Å². The van der Waals surface area contributed by atoms with Crippen LogP contribution in [0, 0.1) is 0 Å². The molecule has 1 N–H and O–H groups in total. The van der Waals surface area contributed by atoms with Gasteiger partial charge in [0.05, 0.1) is 5.56 Å². The first-order valence-corrected chi connectivity index (χ1v) is 8.74. The average Bonchev–Trinajstić information content (AvgIpc) is 2.83. The van der Waals surface area contributed by atoms with Gasteiger partial charge < -0.3 is 0 Å². The van der Waals surface area contributed by atoms with Gasteiger partial charge in [-0.1, -0.05) is 18.2 Å². The van der Waals surface area contributed by atoms with E-state index in [0.717, 1.165) is 23.5 Å². The molecule has 1 aromatic carbocycles. The number of sulfonamides is 1. The molecule has 2 aromatic rings. The van der Waals surface area contributed by atoms with Crippen LogP contribution in [0.2, 0.25) is 0 Å². The second-order valence-electron chi connectivity index (χ2n) is 4.08. The number of hydrogen-bond acceptors (Lipinski definition) is 3. The van der Waals surface area contributed by atoms with Crippen molar-refractivity contribution in [1.29, 1.82) is 0 Å². The van der Waals surface area contributed by atoms with E-state index in [1.165, 1.54) is 12.1 Å². The molecular formula is C12H9BrF3NO2S2. The highest BCUT2D eigenvalue weighted by atomic mass is 79.9. The first-order valence-electron chi connectivity index (χ1n) is 5.59. The van der Waals surface area contributed by atoms with Crippen LogP contribution >= 0.6 is 27.3 Å². The summed E-state index contributed by atoms with van der Waals surface area (Å²) in [5.74, 6) is 0. The number of halogens is 4. The Morgan fingerprint density at radius 2 is 1.95 bits per heavy atom. The maximum absolute atomic E-state index is 12.6. The van der Waals surface area contributed by atoms with Gasteiger partial charge >= 0.3 is 6.18 Å². The molecule has 0 aliphatic rings. The molecular weight excluding hydrogens is 391 g/mol. The van der Waals surface area contributed by atoms with Crippen molar-refractivity contribution in [3.8, 4) is 0 Å². The van der Waals surface area contributed by atoms with Crippen LogP contribution in [0.1, 0.15) is 11.1 Å². The normalized spacial score (nSPS) is 12.6. The van der Waals surface area contributed by atoms with Gasteiger partial charge in [0.2, 0.25) is 0 Å². The third-order valence-electron chi connectivity index (χ3n) is 2.55. The molecule has 0 aliphatic heterocycles. The van der Waals surface area contributed by atoms with Gasteiger partial charge in [0.25, 0.3) is 10.0 Å². The summed E-state index contributed by atoms with van der Waals surface area (Å²) < 4.78 is 64.6. The van der Waals surface area contributed by atoms with E-state index in [4.69, 9.17) is 0 Å². The zero-order valence-corrected chi connectivity index (χ0v) is 13.5. The molecule has 0 radical (unpaired) electrons. The van der Waals surface area contributed by atoms with Crippen molar-refractivity contribution in [3.63, 3.8) is 0 Å². The quantitative estimate of drug-likeness (QED) is 0.843. The molecule has 0 unspecified atom stereocenters. The minimum Gasteiger partial charge on any atom is -0.206 e. The topological polar surface area (TPSA) is 46.2 Å². The third kappa shape index (κ3) is 4.06. The van der Waals surface area contributed by atoms with Crippen LogP contribution < -0.4 is 4.72 Å². The summed E-state index contributed by atoms with van der Waals surface area (Å²) in [5.41, 5.74) is -0.572. The zero-order chi connectivity index (χ0) is 15.7. The molecule has 21 heavy (non-hydrogen) atoms. The number of alkyl halides is 3. The number of benzene rings is 1. The van der Waals surface area contributed by atoms with E-state index < -0.39 is 21.8 Å². The third-order valence-corrected chi connectivity index (χ3v) is 6.62. The second-order valence-corrected chi connectivity index (χ2v) is 7.81. The molecule has 0 spiro atoms. The number of rotatable bonds is 4. The Kier molecular flexibility index (Phi) is 4.76. The SMILES string of the molecule is O=S(=O)(NCc1cccc(C(F)(F)F)c1)c1sccc1Br. The Bertz CT molecular complexity index is 741. The van der Waals surface area contributed by atoms with E-state index in [9.17, 15) is 21.6 Å². The Hall–Kier alpha value is -0.900. The van der Waals surface area contributed by atoms with Crippen LogP contribution in [0.5, 0.6) is 0 Å². The lowest BCUT2D eigenvalue weighted by Crippen LogP contribution is -2.23. The standard InChI is InChI=1S/C12H9BrF3NO2S2/c13-10-4-5-20-11(10)21(18,19)17-7-8-2-1-3-9(6-8)12(14,15)16/h1-6,17H,7H2. The summed E-state index contributed by atoms with van der Waals surface area (Å²) in [6, 6.07) is 6.12. The Morgan fingerprint density at radius 3 is 2.52 bits per heavy atom. The highest BCUT2D eigenvalue weighted by molar-refractivity contribution is 9.10. The largest absolute Gasteiger partial charge is 0.416 e. The summed E-state index contributed by atoms with van der Waals surface area (Å²) >= 11 is 4.13. The molecule has 114 valence electrons. The van der Waals surface area contributed by atoms with Crippen LogP contribution in [0.3, 0.4) is 0 Å². The van der Waals surface area contributed by atoms with Crippen molar-refractivity contribution in [3.05, 3.63) is 51.3 Å². The van der Waals surface area contributed by atoms with Gasteiger partial charge in [-0.25, -0.2) is 13.1 Å². The highest BCUT2D eigenvalue weighted by Crippen LogP contribution is 2.30. The van der Waals surface area contributed by atoms with E-state index in [0.29, 0.717) is 4.47 Å². The lowest BCUT2D eigenvalue weighted by molar-refractivity contribution is -0.137. The molecule has 9 heteroatoms. The predicted octanol–water partition coefficient (Wildman–Crippen LogP) is 4.01. The molecule has 0 atom stereocenters. The minimum absolute atomic E-state index is 0.0921. The average molecular weight is 400 g/mol. The minimum atomic E-state index is -4.45. The van der Waals surface area contributed by atoms with Crippen molar-refractivity contribution in [2.45, 2.75) is 16.9 Å². The fourth-order valence-electron chi connectivity index (χ4n) is 1.57. The predicted molar refractivity (Wildman–Crippen MR) is 77.5 cm³/mol. The zero-order valence-electron chi connectivity index (χ0n) is 10.3. The van der Waals surface area contributed by atoms with E-state index in [1.54, 1.807) is 11.4 Å². The molecule has 0 aliphatic carbocycles. The summed E-state index contributed by atoms with van der Waals surface area (Å²) in [5, 5.41) is 1.60. The van der Waals surface area contributed by atoms with Gasteiger partial charge in [0.15, 0.2) is 0 Å². The summed E-state index contributed by atoms with van der Waals surface area (Å²) in [4.78, 5) is 0. The molecule has 3 nitrogen and oxygen atoms in total. The summed E-state index contributed by atoms with van der Waals surface area (Å²) in [6.07, 6.45) is -4.45. The number of nitrogens with one attached hydrogen (secondary N) is 1. The van der Waals surface area contributed by atoms with Crippen molar-refractivity contribution in [2.24, 2.45) is 0 Å². The van der Waals surface area contributed by atoms with Crippen molar-refractivity contribution in [1.82, 2.24) is 4.72 Å². The molecule has 1 aromatic heterocycles. The van der Waals surface area contributed by atoms with E-state index in [-0.39, 0.29) is 16.3 Å². The lowest BCUT2D eigenvalue weighted by Gasteiger charge is -2.09. The molecule has 0 saturated heterocycles. The molecule has 0 bridgehead atoms. The van der Waals surface area contributed by atoms with Crippen LogP contribution in [-0.2, 0) is 22.7 Å². The Morgan fingerprint density at radius 1 is 1.24 bits per heavy atom. The van der Waals surface area contributed by atoms with Crippen molar-refractivity contribution in [2.75, 3.05) is 0 Å². The van der Waals surface area contributed by atoms with Crippen LogP contribution in [0.15, 0.2) is 44.4 Å². The Labute approximate surface area is 132 Å². The summed E-state index contributed by atoms with van der Waals surface area (Å²) in [6.45, 7) is -0.212. The van der Waals surface area contributed by atoms with E-state index in [1.807, 2.05) is 0 Å². The highest BCUT2D eigenvalue weighted by Gasteiger charge is 2.30. The second kappa shape index (κ2) is 6.07. The monoisotopic (exact) mass is 399 g/mol. The Balaban J connectivity index is 2.16.